The molecule has 0 N–H and O–H groups in total. The summed E-state index contributed by atoms with van der Waals surface area (Å²) in [6.45, 7) is 0. The van der Waals surface area contributed by atoms with Crippen molar-refractivity contribution in [2.45, 2.75) is 0 Å². The van der Waals surface area contributed by atoms with Crippen molar-refractivity contribution in [1.82, 2.24) is 9.38 Å². The number of carbonyl (C=O) groups is 1. The van der Waals surface area contributed by atoms with Crippen molar-refractivity contribution >= 4 is 23.2 Å². The molecule has 4 nitrogen and oxygen atoms in total. The van der Waals surface area contributed by atoms with Crippen LogP contribution < -0.4 is 56.5 Å². The molecule has 0 amide bonds. The number of fused-ring (bicyclic) bond motifs is 1. The fourth-order valence-electron chi connectivity index (χ4n) is 1.11. The molecular weight excluding hydrogens is 231 g/mol. The van der Waals surface area contributed by atoms with Crippen molar-refractivity contribution in [2.24, 2.45) is 0 Å². The molecule has 0 aromatic carbocycles. The molecule has 0 fully saturated rings. The predicted octanol–water partition coefficient (Wildman–Crippen LogP) is -2.64. The first-order valence-corrected chi connectivity index (χ1v) is 3.90. The average Bonchev–Trinajstić information content (AvgIpc) is 2.46. The van der Waals surface area contributed by atoms with Gasteiger partial charge in [-0.05, 0) is 12.1 Å². The summed E-state index contributed by atoms with van der Waals surface area (Å²) in [4.78, 5) is 14.4. The van der Waals surface area contributed by atoms with Crippen LogP contribution in [0.5, 0.6) is 0 Å². The number of carbonyl (C=O) groups excluding carboxylic acids is 1. The fourth-order valence-corrected chi connectivity index (χ4v) is 1.27. The van der Waals surface area contributed by atoms with E-state index in [-0.39, 0.29) is 57.1 Å². The normalized spacial score (nSPS) is 9.79. The molecule has 0 unspecified atom stereocenters. The van der Waals surface area contributed by atoms with Crippen LogP contribution in [0.2, 0.25) is 5.02 Å². The average molecular weight is 235 g/mol. The van der Waals surface area contributed by atoms with E-state index in [1.165, 1.54) is 16.8 Å². The Morgan fingerprint density at radius 2 is 2.21 bits per heavy atom. The van der Waals surface area contributed by atoms with Gasteiger partial charge in [-0.25, -0.2) is 4.98 Å². The number of pyridine rings is 1. The molecule has 6 heteroatoms. The first kappa shape index (κ1) is 12.2. The van der Waals surface area contributed by atoms with E-state index in [0.717, 1.165) is 0 Å². The van der Waals surface area contributed by atoms with Gasteiger partial charge in [0.05, 0.1) is 22.9 Å². The molecule has 0 aliphatic carbocycles. The molecule has 0 radical (unpaired) electrons. The molecule has 2 aromatic heterocycles. The van der Waals surface area contributed by atoms with Crippen molar-refractivity contribution in [3.8, 4) is 0 Å². The molecule has 2 rings (SSSR count). The Labute approximate surface area is 127 Å². The standard InChI is InChI=1S/C8H5ClN2O2.K/c9-5-1-2-7-10-3-6(8(12)13)11(7)4-5;/h1-4H,(H,12,13);/q;+1/p-1. The predicted molar refractivity (Wildman–Crippen MR) is 44.5 cm³/mol. The molecule has 66 valence electrons. The van der Waals surface area contributed by atoms with E-state index >= 15 is 0 Å². The third kappa shape index (κ3) is 2.18. The number of aromatic nitrogens is 2. The molecule has 14 heavy (non-hydrogen) atoms. The number of hydrogen-bond donors (Lipinski definition) is 0. The van der Waals surface area contributed by atoms with E-state index in [1.807, 2.05) is 0 Å². The summed E-state index contributed by atoms with van der Waals surface area (Å²) < 4.78 is 1.37. The van der Waals surface area contributed by atoms with Crippen molar-refractivity contribution in [3.63, 3.8) is 0 Å². The minimum absolute atomic E-state index is 0. The zero-order chi connectivity index (χ0) is 9.42. The minimum atomic E-state index is -1.27. The Hall–Kier alpha value is 0.0864. The Bertz CT molecular complexity index is 483. The topological polar surface area (TPSA) is 57.4 Å². The van der Waals surface area contributed by atoms with Gasteiger partial charge in [-0.2, -0.15) is 0 Å². The van der Waals surface area contributed by atoms with Gasteiger partial charge in [0.15, 0.2) is 0 Å². The third-order valence-electron chi connectivity index (χ3n) is 1.68. The molecule has 0 bridgehead atoms. The Morgan fingerprint density at radius 1 is 1.50 bits per heavy atom. The maximum Gasteiger partial charge on any atom is 1.00 e. The van der Waals surface area contributed by atoms with Crippen molar-refractivity contribution in [2.75, 3.05) is 0 Å². The number of hydrogen-bond acceptors (Lipinski definition) is 3. The summed E-state index contributed by atoms with van der Waals surface area (Å²) >= 11 is 5.69. The number of carboxylic acid groups (broad SMARTS) is 1. The van der Waals surface area contributed by atoms with Crippen LogP contribution in [0.1, 0.15) is 10.5 Å². The van der Waals surface area contributed by atoms with Crippen molar-refractivity contribution < 1.29 is 61.3 Å². The molecule has 0 atom stereocenters. The summed E-state index contributed by atoms with van der Waals surface area (Å²) in [6.07, 6.45) is 2.72. The summed E-state index contributed by atoms with van der Waals surface area (Å²) in [5.74, 6) is -1.27. The van der Waals surface area contributed by atoms with Crippen LogP contribution in [-0.4, -0.2) is 15.4 Å². The third-order valence-corrected chi connectivity index (χ3v) is 1.90. The first-order chi connectivity index (χ1) is 6.18. The van der Waals surface area contributed by atoms with Gasteiger partial charge in [-0.15, -0.1) is 0 Å². The van der Waals surface area contributed by atoms with Crippen LogP contribution in [0, 0.1) is 0 Å². The van der Waals surface area contributed by atoms with E-state index in [4.69, 9.17) is 11.6 Å². The SMILES string of the molecule is O=C([O-])c1cnc2ccc(Cl)cn12.[K+]. The quantitative estimate of drug-likeness (QED) is 0.507. The van der Waals surface area contributed by atoms with Crippen molar-refractivity contribution in [3.05, 3.63) is 35.2 Å². The zero-order valence-electron chi connectivity index (χ0n) is 7.40. The van der Waals surface area contributed by atoms with Gasteiger partial charge in [-0.3, -0.25) is 4.40 Å². The van der Waals surface area contributed by atoms with Gasteiger partial charge in [0.1, 0.15) is 5.65 Å². The Morgan fingerprint density at radius 3 is 2.86 bits per heavy atom. The van der Waals surface area contributed by atoms with Crippen LogP contribution in [-0.2, 0) is 0 Å². The minimum Gasteiger partial charge on any atom is -0.543 e. The molecule has 0 spiro atoms. The number of halogens is 1. The van der Waals surface area contributed by atoms with Gasteiger partial charge in [0.25, 0.3) is 0 Å². The van der Waals surface area contributed by atoms with Gasteiger partial charge in [0.2, 0.25) is 0 Å². The number of imidazole rings is 1. The summed E-state index contributed by atoms with van der Waals surface area (Å²) in [5, 5.41) is 11.0. The van der Waals surface area contributed by atoms with E-state index in [2.05, 4.69) is 4.98 Å². The molecular formula is C8H4ClKN2O2. The van der Waals surface area contributed by atoms with Crippen LogP contribution in [0.4, 0.5) is 0 Å². The number of nitrogens with zero attached hydrogens (tertiary/aromatic N) is 2. The molecule has 0 saturated carbocycles. The van der Waals surface area contributed by atoms with Gasteiger partial charge >= 0.3 is 51.4 Å². The van der Waals surface area contributed by atoms with E-state index in [9.17, 15) is 9.90 Å². The van der Waals surface area contributed by atoms with E-state index in [1.54, 1.807) is 12.1 Å². The van der Waals surface area contributed by atoms with Crippen LogP contribution >= 0.6 is 11.6 Å². The smallest absolute Gasteiger partial charge is 0.543 e. The second-order valence-electron chi connectivity index (χ2n) is 2.51. The second kappa shape index (κ2) is 4.74. The first-order valence-electron chi connectivity index (χ1n) is 3.52. The van der Waals surface area contributed by atoms with E-state index in [0.29, 0.717) is 10.7 Å². The molecule has 0 aliphatic rings. The van der Waals surface area contributed by atoms with Crippen LogP contribution in [0.15, 0.2) is 24.5 Å². The fraction of sp³-hybridized carbons (Fsp3) is 0. The van der Waals surface area contributed by atoms with Gasteiger partial charge in [0, 0.05) is 6.20 Å². The molecule has 0 saturated heterocycles. The van der Waals surface area contributed by atoms with E-state index < -0.39 is 5.97 Å². The monoisotopic (exact) mass is 234 g/mol. The summed E-state index contributed by atoms with van der Waals surface area (Å²) in [5.41, 5.74) is 0.529. The Balaban J connectivity index is 0.000000980. The number of aromatic carboxylic acids is 1. The van der Waals surface area contributed by atoms with Gasteiger partial charge < -0.3 is 9.90 Å². The van der Waals surface area contributed by atoms with Crippen LogP contribution in [0.25, 0.3) is 5.65 Å². The van der Waals surface area contributed by atoms with Gasteiger partial charge in [-0.1, -0.05) is 11.6 Å². The van der Waals surface area contributed by atoms with Crippen LogP contribution in [0.3, 0.4) is 0 Å². The maximum atomic E-state index is 10.6. The second-order valence-corrected chi connectivity index (χ2v) is 2.94. The number of carboxylic acids is 1. The molecule has 0 aliphatic heterocycles. The van der Waals surface area contributed by atoms with Crippen molar-refractivity contribution in [1.29, 1.82) is 0 Å². The maximum absolute atomic E-state index is 10.6. The summed E-state index contributed by atoms with van der Waals surface area (Å²) in [7, 11) is 0. The number of rotatable bonds is 1. The molecule has 2 heterocycles. The Kier molecular flexibility index (Phi) is 4.11. The molecule has 2 aromatic rings. The summed E-state index contributed by atoms with van der Waals surface area (Å²) in [6, 6.07) is 3.28. The largest absolute Gasteiger partial charge is 1.00 e. The zero-order valence-corrected chi connectivity index (χ0v) is 11.3.